The fourth-order valence-electron chi connectivity index (χ4n) is 6.89. The fourth-order valence-corrected chi connectivity index (χ4v) is 6.89. The monoisotopic (exact) mass is 523 g/mol. The van der Waals surface area contributed by atoms with Gasteiger partial charge in [-0.2, -0.15) is 0 Å². The Bertz CT molecular complexity index is 1370. The highest BCUT2D eigenvalue weighted by molar-refractivity contribution is 6.25. The fraction of sp³-hybridized carbons (Fsp3) is 0.464. The number of fused-ring (bicyclic) bond motifs is 3. The average molecular weight is 524 g/mol. The number of phenolic OH excluding ortho intramolecular Hbond substituents is 1. The summed E-state index contributed by atoms with van der Waals surface area (Å²) in [5, 5.41) is 45.4. The molecule has 10 nitrogen and oxygen atoms in total. The van der Waals surface area contributed by atoms with Crippen molar-refractivity contribution in [2.24, 2.45) is 17.6 Å². The van der Waals surface area contributed by atoms with Crippen LogP contribution in [-0.4, -0.2) is 82.6 Å². The first-order valence-electron chi connectivity index (χ1n) is 12.7. The number of nitrogens with zero attached hydrogens (tertiary/aromatic N) is 2. The molecular formula is C28H33N3O7. The number of amides is 1. The van der Waals surface area contributed by atoms with Crippen LogP contribution in [0.3, 0.4) is 0 Å². The lowest BCUT2D eigenvalue weighted by Crippen LogP contribution is -2.63. The van der Waals surface area contributed by atoms with Gasteiger partial charge >= 0.3 is 0 Å². The van der Waals surface area contributed by atoms with Crippen molar-refractivity contribution in [2.45, 2.75) is 43.2 Å². The van der Waals surface area contributed by atoms with E-state index in [0.717, 1.165) is 18.5 Å². The van der Waals surface area contributed by atoms with Crippen LogP contribution in [0.4, 0.5) is 5.69 Å². The van der Waals surface area contributed by atoms with Crippen LogP contribution in [0.15, 0.2) is 40.9 Å². The van der Waals surface area contributed by atoms with E-state index in [1.807, 2.05) is 37.2 Å². The highest BCUT2D eigenvalue weighted by Gasteiger charge is 2.63. The Morgan fingerprint density at radius 3 is 2.37 bits per heavy atom. The summed E-state index contributed by atoms with van der Waals surface area (Å²) in [5.74, 6) is -6.47. The van der Waals surface area contributed by atoms with Gasteiger partial charge in [0.05, 0.1) is 11.6 Å². The van der Waals surface area contributed by atoms with Gasteiger partial charge in [-0.05, 0) is 57.3 Å². The third kappa shape index (κ3) is 3.36. The lowest BCUT2D eigenvalue weighted by Gasteiger charge is -2.50. The molecule has 10 heteroatoms. The third-order valence-electron chi connectivity index (χ3n) is 8.62. The minimum absolute atomic E-state index is 0.0484. The zero-order valence-electron chi connectivity index (χ0n) is 21.9. The molecule has 0 radical (unpaired) electrons. The summed E-state index contributed by atoms with van der Waals surface area (Å²) in [6.07, 6.45) is 5.98. The molecule has 0 aliphatic heterocycles. The predicted molar refractivity (Wildman–Crippen MR) is 139 cm³/mol. The molecule has 4 aliphatic rings. The number of primary amides is 1. The van der Waals surface area contributed by atoms with Crippen molar-refractivity contribution >= 4 is 23.2 Å². The number of benzene rings is 1. The Balaban J connectivity index is 1.74. The summed E-state index contributed by atoms with van der Waals surface area (Å²) in [6, 6.07) is 0.884. The summed E-state index contributed by atoms with van der Waals surface area (Å²) >= 11 is 0. The zero-order chi connectivity index (χ0) is 27.8. The van der Waals surface area contributed by atoms with Crippen LogP contribution in [0.1, 0.15) is 46.7 Å². The molecule has 202 valence electrons. The van der Waals surface area contributed by atoms with Crippen molar-refractivity contribution in [1.29, 1.82) is 0 Å². The molecule has 1 unspecified atom stereocenters. The van der Waals surface area contributed by atoms with Gasteiger partial charge in [0.25, 0.3) is 5.91 Å². The highest BCUT2D eigenvalue weighted by atomic mass is 16.3. The molecule has 5 atom stereocenters. The number of Topliss-reactive ketones (excluding diaryl/α,β-unsaturated/α-hetero) is 2. The van der Waals surface area contributed by atoms with Crippen LogP contribution in [0.25, 0.3) is 0 Å². The molecule has 0 saturated carbocycles. The van der Waals surface area contributed by atoms with Crippen LogP contribution < -0.4 is 10.6 Å². The number of carbonyl (C=O) groups excluding carboxylic acids is 3. The average Bonchev–Trinajstić information content (AvgIpc) is 3.35. The number of carbonyl (C=O) groups is 3. The summed E-state index contributed by atoms with van der Waals surface area (Å²) in [5.41, 5.74) is 3.82. The van der Waals surface area contributed by atoms with Crippen molar-refractivity contribution < 1.29 is 34.8 Å². The summed E-state index contributed by atoms with van der Waals surface area (Å²) in [7, 11) is 6.91. The number of anilines is 1. The van der Waals surface area contributed by atoms with Crippen molar-refractivity contribution in [1.82, 2.24) is 4.90 Å². The molecule has 0 spiro atoms. The van der Waals surface area contributed by atoms with E-state index in [2.05, 4.69) is 0 Å². The lowest BCUT2D eigenvalue weighted by atomic mass is 9.58. The van der Waals surface area contributed by atoms with Gasteiger partial charge in [-0.3, -0.25) is 19.3 Å². The molecule has 1 aromatic rings. The number of hydrogen-bond donors (Lipinski definition) is 5. The topological polar surface area (TPSA) is 165 Å². The first-order chi connectivity index (χ1) is 17.8. The number of likely N-dealkylation sites (N-methyl/N-ethyl adjacent to an activating group) is 1. The molecule has 0 saturated heterocycles. The van der Waals surface area contributed by atoms with Crippen molar-refractivity contribution in [3.05, 3.63) is 57.6 Å². The summed E-state index contributed by atoms with van der Waals surface area (Å²) in [4.78, 5) is 43.0. The van der Waals surface area contributed by atoms with Crippen LogP contribution in [0, 0.1) is 11.8 Å². The van der Waals surface area contributed by atoms with Crippen molar-refractivity contribution in [3.8, 4) is 5.75 Å². The molecular weight excluding hydrogens is 490 g/mol. The van der Waals surface area contributed by atoms with Crippen molar-refractivity contribution in [2.75, 3.05) is 33.1 Å². The molecule has 0 aromatic heterocycles. The van der Waals surface area contributed by atoms with Gasteiger partial charge in [0, 0.05) is 42.8 Å². The standard InChI is InChI=1S/C28H33N3O7/c1-30(2)17-11-14(12-7-5-6-8-12)22(32)19-15(17)9-13-10-16-21(31(3)4)24(34)20(27(29)37)26(36)28(16,38)25(35)18(13)23(19)33/h5,7,11-13,16,21,32,34-35,38H,6,8-10H2,1-4H3,(H2,29,37)/t12?,13-,16-,21-,28-/m1/s1. The van der Waals surface area contributed by atoms with Crippen molar-refractivity contribution in [3.63, 3.8) is 0 Å². The van der Waals surface area contributed by atoms with Gasteiger partial charge < -0.3 is 31.1 Å². The van der Waals surface area contributed by atoms with Gasteiger partial charge in [-0.15, -0.1) is 0 Å². The molecule has 6 N–H and O–H groups in total. The number of aromatic hydroxyl groups is 1. The number of nitrogens with two attached hydrogens (primary N) is 1. The van der Waals surface area contributed by atoms with Gasteiger partial charge in [-0.1, -0.05) is 12.2 Å². The number of allylic oxidation sites excluding steroid dienone is 3. The van der Waals surface area contributed by atoms with E-state index in [0.29, 0.717) is 11.1 Å². The summed E-state index contributed by atoms with van der Waals surface area (Å²) < 4.78 is 0. The minimum Gasteiger partial charge on any atom is -0.510 e. The Morgan fingerprint density at radius 1 is 1.13 bits per heavy atom. The molecule has 0 bridgehead atoms. The van der Waals surface area contributed by atoms with Gasteiger partial charge in [0.1, 0.15) is 22.8 Å². The van der Waals surface area contributed by atoms with Crippen LogP contribution in [0.5, 0.6) is 5.75 Å². The van der Waals surface area contributed by atoms with E-state index < -0.39 is 58.0 Å². The normalized spacial score (nSPS) is 30.5. The summed E-state index contributed by atoms with van der Waals surface area (Å²) in [6.45, 7) is 0. The Morgan fingerprint density at radius 2 is 1.82 bits per heavy atom. The Labute approximate surface area is 220 Å². The predicted octanol–water partition coefficient (Wildman–Crippen LogP) is 1.62. The highest BCUT2D eigenvalue weighted by Crippen LogP contribution is 2.54. The molecule has 1 aromatic carbocycles. The zero-order valence-corrected chi connectivity index (χ0v) is 21.9. The van der Waals surface area contributed by atoms with Gasteiger partial charge in [0.2, 0.25) is 5.78 Å². The largest absolute Gasteiger partial charge is 0.510 e. The van der Waals surface area contributed by atoms with Crippen LogP contribution in [-0.2, 0) is 16.0 Å². The number of aliphatic hydroxyl groups excluding tert-OH is 2. The molecule has 1 amide bonds. The second-order valence-electron chi connectivity index (χ2n) is 11.2. The van der Waals surface area contributed by atoms with Crippen LogP contribution in [0.2, 0.25) is 0 Å². The number of hydrogen-bond acceptors (Lipinski definition) is 9. The Hall–Kier alpha value is -3.63. The lowest BCUT2D eigenvalue weighted by molar-refractivity contribution is -0.148. The van der Waals surface area contributed by atoms with E-state index in [1.165, 1.54) is 4.90 Å². The molecule has 0 heterocycles. The number of phenols is 1. The molecule has 4 aliphatic carbocycles. The van der Waals surface area contributed by atoms with Gasteiger partial charge in [-0.25, -0.2) is 0 Å². The number of ketones is 2. The van der Waals surface area contributed by atoms with Crippen LogP contribution >= 0.6 is 0 Å². The van der Waals surface area contributed by atoms with E-state index in [4.69, 9.17) is 5.73 Å². The maximum absolute atomic E-state index is 14.0. The smallest absolute Gasteiger partial charge is 0.255 e. The number of aliphatic hydroxyl groups is 3. The van der Waals surface area contributed by atoms with E-state index in [9.17, 15) is 34.8 Å². The first kappa shape index (κ1) is 26.0. The third-order valence-corrected chi connectivity index (χ3v) is 8.62. The quantitative estimate of drug-likeness (QED) is 0.291. The number of rotatable bonds is 4. The SMILES string of the molecule is CN(C)c1cc(C2C=CCC2)c(O)c2c1C[C@@H]1C[C@@H]3[C@@H](N(C)C)C(O)=C(C(N)=O)C(=O)[C@]3(O)C(O)=C1C2=O. The van der Waals surface area contributed by atoms with E-state index in [1.54, 1.807) is 14.1 Å². The maximum Gasteiger partial charge on any atom is 0.255 e. The van der Waals surface area contributed by atoms with E-state index >= 15 is 0 Å². The maximum atomic E-state index is 14.0. The second kappa shape index (κ2) is 8.71. The molecule has 5 rings (SSSR count). The molecule has 38 heavy (non-hydrogen) atoms. The molecule has 0 fully saturated rings. The van der Waals surface area contributed by atoms with E-state index in [-0.39, 0.29) is 35.6 Å². The second-order valence-corrected chi connectivity index (χ2v) is 11.2. The minimum atomic E-state index is -2.64. The first-order valence-corrected chi connectivity index (χ1v) is 12.7. The van der Waals surface area contributed by atoms with Gasteiger partial charge in [0.15, 0.2) is 11.4 Å². The Kier molecular flexibility index (Phi) is 5.96.